The van der Waals surface area contributed by atoms with Crippen LogP contribution in [0.3, 0.4) is 0 Å². The fourth-order valence-corrected chi connectivity index (χ4v) is 1.61. The fraction of sp³-hybridized carbons (Fsp3) is 0.625. The van der Waals surface area contributed by atoms with Gasteiger partial charge in [0.1, 0.15) is 0 Å². The topological polar surface area (TPSA) is 46.2 Å². The first-order valence-electron chi connectivity index (χ1n) is 7.19. The molecule has 0 unspecified atom stereocenters. The number of nitrogens with two attached hydrogens (primary N) is 1. The van der Waals surface area contributed by atoms with Crippen LogP contribution in [0.15, 0.2) is 30.3 Å². The number of hydrogen-bond donors (Lipinski definition) is 2. The third-order valence-corrected chi connectivity index (χ3v) is 3.63. The summed E-state index contributed by atoms with van der Waals surface area (Å²) in [7, 11) is 0. The van der Waals surface area contributed by atoms with Crippen molar-refractivity contribution in [2.45, 2.75) is 51.0 Å². The zero-order valence-electron chi connectivity index (χ0n) is 13.4. The largest absolute Gasteiger partial charge is 0.396 e. The van der Waals surface area contributed by atoms with Crippen LogP contribution < -0.4 is 5.14 Å². The van der Waals surface area contributed by atoms with Crippen molar-refractivity contribution in [2.24, 2.45) is 11.1 Å². The number of rotatable bonds is 5. The van der Waals surface area contributed by atoms with Gasteiger partial charge in [0.2, 0.25) is 0 Å². The van der Waals surface area contributed by atoms with Crippen LogP contribution >= 0.6 is 11.9 Å². The van der Waals surface area contributed by atoms with E-state index < -0.39 is 18.7 Å². The molecule has 128 valence electrons. The highest BCUT2D eigenvalue weighted by atomic mass is 32.2. The Kier molecular flexibility index (Phi) is 9.80. The molecule has 2 nitrogen and oxygen atoms in total. The van der Waals surface area contributed by atoms with Gasteiger partial charge in [-0.15, -0.1) is 0 Å². The Morgan fingerprint density at radius 1 is 1.09 bits per heavy atom. The van der Waals surface area contributed by atoms with Crippen molar-refractivity contribution in [3.63, 3.8) is 0 Å². The lowest BCUT2D eigenvalue weighted by Crippen LogP contribution is -2.24. The molecule has 22 heavy (non-hydrogen) atoms. The van der Waals surface area contributed by atoms with E-state index in [0.29, 0.717) is 6.42 Å². The minimum absolute atomic E-state index is 0.0358. The van der Waals surface area contributed by atoms with Gasteiger partial charge in [0, 0.05) is 11.4 Å². The molecule has 1 aromatic rings. The van der Waals surface area contributed by atoms with Gasteiger partial charge in [-0.2, -0.15) is 13.2 Å². The molecule has 0 spiro atoms. The number of alkyl halides is 3. The highest BCUT2D eigenvalue weighted by molar-refractivity contribution is 7.98. The predicted molar refractivity (Wildman–Crippen MR) is 87.5 cm³/mol. The molecule has 0 saturated heterocycles. The fourth-order valence-electron chi connectivity index (χ4n) is 1.61. The molecule has 0 bridgehead atoms. The van der Waals surface area contributed by atoms with E-state index in [1.54, 1.807) is 0 Å². The first-order chi connectivity index (χ1) is 10.1. The summed E-state index contributed by atoms with van der Waals surface area (Å²) in [5.41, 5.74) is 0.898. The van der Waals surface area contributed by atoms with Crippen LogP contribution in [-0.2, 0) is 6.42 Å². The number of benzene rings is 1. The Bertz CT molecular complexity index is 391. The summed E-state index contributed by atoms with van der Waals surface area (Å²) < 4.78 is 37.7. The molecule has 0 saturated carbocycles. The Balaban J connectivity index is 0.000000626. The molecule has 0 aromatic heterocycles. The predicted octanol–water partition coefficient (Wildman–Crippen LogP) is 4.57. The lowest BCUT2D eigenvalue weighted by atomic mass is 9.96. The quantitative estimate of drug-likeness (QED) is 0.774. The zero-order valence-corrected chi connectivity index (χ0v) is 14.2. The van der Waals surface area contributed by atoms with Gasteiger partial charge in [-0.3, -0.25) is 5.14 Å². The summed E-state index contributed by atoms with van der Waals surface area (Å²) in [5, 5.41) is 13.8. The van der Waals surface area contributed by atoms with Crippen molar-refractivity contribution in [3.05, 3.63) is 35.9 Å². The van der Waals surface area contributed by atoms with Crippen LogP contribution in [-0.4, -0.2) is 22.6 Å². The molecule has 1 aromatic carbocycles. The summed E-state index contributed by atoms with van der Waals surface area (Å²) in [6.07, 6.45) is -3.99. The smallest absolute Gasteiger partial charge is 0.391 e. The molecule has 0 aliphatic carbocycles. The van der Waals surface area contributed by atoms with E-state index >= 15 is 0 Å². The van der Waals surface area contributed by atoms with Gasteiger partial charge in [-0.1, -0.05) is 42.3 Å². The third-order valence-electron chi connectivity index (χ3n) is 2.92. The first-order valence-corrected chi connectivity index (χ1v) is 8.07. The van der Waals surface area contributed by atoms with Gasteiger partial charge >= 0.3 is 6.18 Å². The number of aliphatic hydroxyl groups is 1. The number of hydrogen-bond acceptors (Lipinski definition) is 3. The summed E-state index contributed by atoms with van der Waals surface area (Å²) in [6, 6.07) is 9.07. The molecule has 0 fully saturated rings. The van der Waals surface area contributed by atoms with Crippen LogP contribution in [0.2, 0.25) is 0 Å². The molecule has 0 aliphatic rings. The van der Waals surface area contributed by atoms with E-state index in [0.717, 1.165) is 5.56 Å². The molecule has 0 amide bonds. The number of aryl methyl sites for hydroxylation is 1. The molecular formula is C16H26F3NOS. The maximum Gasteiger partial charge on any atom is 0.391 e. The maximum atomic E-state index is 12.5. The Labute approximate surface area is 135 Å². The Morgan fingerprint density at radius 2 is 1.59 bits per heavy atom. The highest BCUT2D eigenvalue weighted by Gasteiger charge is 2.38. The normalized spacial score (nSPS) is 13.3. The monoisotopic (exact) mass is 337 g/mol. The van der Waals surface area contributed by atoms with Gasteiger partial charge in [-0.05, 0) is 45.6 Å². The second-order valence-electron chi connectivity index (χ2n) is 6.01. The summed E-state index contributed by atoms with van der Waals surface area (Å²) in [6.45, 7) is 5.83. The van der Waals surface area contributed by atoms with Gasteiger partial charge in [0.15, 0.2) is 0 Å². The Morgan fingerprint density at radius 3 is 1.95 bits per heavy atom. The van der Waals surface area contributed by atoms with E-state index in [4.69, 9.17) is 10.2 Å². The minimum Gasteiger partial charge on any atom is -0.396 e. The summed E-state index contributed by atoms with van der Waals surface area (Å²) in [4.78, 5) is 0. The standard InChI is InChI=1S/C12H15F3O.C4H11NS/c13-12(14,15)11(8-9-16)7-6-10-4-2-1-3-5-10;1-4(2,3)6-5/h1-5,11,16H,6-9H2;5H2,1-3H3/t11-;/m1./s1. The number of halogens is 3. The number of aliphatic hydroxyl groups excluding tert-OH is 1. The van der Waals surface area contributed by atoms with Gasteiger partial charge in [0.25, 0.3) is 0 Å². The van der Waals surface area contributed by atoms with Crippen molar-refractivity contribution in [3.8, 4) is 0 Å². The van der Waals surface area contributed by atoms with E-state index in [9.17, 15) is 13.2 Å². The zero-order chi connectivity index (χ0) is 17.2. The van der Waals surface area contributed by atoms with Gasteiger partial charge < -0.3 is 5.11 Å². The van der Waals surface area contributed by atoms with Crippen LogP contribution in [0.25, 0.3) is 0 Å². The minimum atomic E-state index is -4.21. The van der Waals surface area contributed by atoms with Crippen molar-refractivity contribution < 1.29 is 18.3 Å². The van der Waals surface area contributed by atoms with E-state index in [-0.39, 0.29) is 17.6 Å². The lowest BCUT2D eigenvalue weighted by molar-refractivity contribution is -0.179. The summed E-state index contributed by atoms with van der Waals surface area (Å²) >= 11 is 1.38. The Hall–Kier alpha value is -0.720. The third kappa shape index (κ3) is 10.9. The van der Waals surface area contributed by atoms with Crippen LogP contribution in [0, 0.1) is 5.92 Å². The molecule has 3 N–H and O–H groups in total. The molecule has 6 heteroatoms. The van der Waals surface area contributed by atoms with E-state index in [1.165, 1.54) is 11.9 Å². The van der Waals surface area contributed by atoms with E-state index in [2.05, 4.69) is 20.8 Å². The van der Waals surface area contributed by atoms with Crippen molar-refractivity contribution in [2.75, 3.05) is 6.61 Å². The highest BCUT2D eigenvalue weighted by Crippen LogP contribution is 2.32. The average molecular weight is 337 g/mol. The molecule has 0 heterocycles. The first kappa shape index (κ1) is 21.3. The van der Waals surface area contributed by atoms with Crippen LogP contribution in [0.1, 0.15) is 39.2 Å². The SMILES string of the molecule is CC(C)(C)SN.OCC[C@@H](CCc1ccccc1)C(F)(F)F. The van der Waals surface area contributed by atoms with E-state index in [1.807, 2.05) is 30.3 Å². The summed E-state index contributed by atoms with van der Waals surface area (Å²) in [5.74, 6) is -1.40. The molecule has 0 radical (unpaired) electrons. The van der Waals surface area contributed by atoms with Crippen LogP contribution in [0.4, 0.5) is 13.2 Å². The second kappa shape index (κ2) is 10.1. The van der Waals surface area contributed by atoms with Crippen molar-refractivity contribution >= 4 is 11.9 Å². The van der Waals surface area contributed by atoms with Gasteiger partial charge in [-0.25, -0.2) is 0 Å². The van der Waals surface area contributed by atoms with Crippen molar-refractivity contribution in [1.29, 1.82) is 0 Å². The second-order valence-corrected chi connectivity index (χ2v) is 7.47. The molecular weight excluding hydrogens is 311 g/mol. The maximum absolute atomic E-state index is 12.5. The van der Waals surface area contributed by atoms with Crippen LogP contribution in [0.5, 0.6) is 0 Å². The average Bonchev–Trinajstić information content (AvgIpc) is 2.43. The lowest BCUT2D eigenvalue weighted by Gasteiger charge is -2.19. The van der Waals surface area contributed by atoms with Gasteiger partial charge in [0.05, 0.1) is 5.92 Å². The molecule has 0 aliphatic heterocycles. The molecule has 1 rings (SSSR count). The molecule has 1 atom stereocenters. The van der Waals surface area contributed by atoms with Crippen molar-refractivity contribution in [1.82, 2.24) is 0 Å².